The zero-order valence-electron chi connectivity index (χ0n) is 13.8. The van der Waals surface area contributed by atoms with Gasteiger partial charge in [0.1, 0.15) is 6.04 Å². The van der Waals surface area contributed by atoms with Gasteiger partial charge < -0.3 is 19.7 Å². The number of aryl methyl sites for hydroxylation is 1. The minimum absolute atomic E-state index is 0.0852. The number of hydrogen-bond acceptors (Lipinski definition) is 4. The van der Waals surface area contributed by atoms with Gasteiger partial charge in [0.15, 0.2) is 11.5 Å². The Hall–Kier alpha value is -3.02. The van der Waals surface area contributed by atoms with E-state index in [2.05, 4.69) is 5.32 Å². The minimum Gasteiger partial charge on any atom is -0.454 e. The molecule has 2 heterocycles. The van der Waals surface area contributed by atoms with Gasteiger partial charge in [-0.1, -0.05) is 17.7 Å². The fourth-order valence-corrected chi connectivity index (χ4v) is 3.07. The summed E-state index contributed by atoms with van der Waals surface area (Å²) >= 11 is 0. The molecule has 25 heavy (non-hydrogen) atoms. The summed E-state index contributed by atoms with van der Waals surface area (Å²) in [5, 5.41) is 2.82. The molecule has 2 aromatic carbocycles. The third kappa shape index (κ3) is 2.91. The van der Waals surface area contributed by atoms with Crippen molar-refractivity contribution in [2.75, 3.05) is 18.2 Å². The summed E-state index contributed by atoms with van der Waals surface area (Å²) in [7, 11) is 0. The molecule has 0 aliphatic carbocycles. The predicted molar refractivity (Wildman–Crippen MR) is 92.0 cm³/mol. The zero-order valence-corrected chi connectivity index (χ0v) is 13.8. The second kappa shape index (κ2) is 6.12. The van der Waals surface area contributed by atoms with Gasteiger partial charge in [-0.2, -0.15) is 0 Å². The van der Waals surface area contributed by atoms with E-state index in [0.717, 1.165) is 11.3 Å². The maximum Gasteiger partial charge on any atom is 0.252 e. The van der Waals surface area contributed by atoms with Gasteiger partial charge in [-0.05, 0) is 43.7 Å². The van der Waals surface area contributed by atoms with Crippen molar-refractivity contribution in [3.8, 4) is 11.5 Å². The average Bonchev–Trinajstić information content (AvgIpc) is 3.22. The molecule has 2 aromatic rings. The van der Waals surface area contributed by atoms with E-state index in [-0.39, 0.29) is 18.6 Å². The Bertz CT molecular complexity index is 832. The lowest BCUT2D eigenvalue weighted by Gasteiger charge is -2.17. The van der Waals surface area contributed by atoms with E-state index in [1.807, 2.05) is 31.2 Å². The summed E-state index contributed by atoms with van der Waals surface area (Å²) in [6.07, 6.45) is 0.586. The summed E-state index contributed by atoms with van der Waals surface area (Å²) in [4.78, 5) is 26.8. The van der Waals surface area contributed by atoms with E-state index in [1.54, 1.807) is 23.1 Å². The molecule has 2 aliphatic heterocycles. The number of amides is 2. The van der Waals surface area contributed by atoms with Gasteiger partial charge in [0.05, 0.1) is 0 Å². The van der Waals surface area contributed by atoms with Gasteiger partial charge in [-0.3, -0.25) is 9.59 Å². The lowest BCUT2D eigenvalue weighted by Crippen LogP contribution is -2.41. The number of benzene rings is 2. The fraction of sp³-hybridized carbons (Fsp3) is 0.263. The number of nitrogens with zero attached hydrogens (tertiary/aromatic N) is 1. The van der Waals surface area contributed by atoms with Crippen LogP contribution in [0.25, 0.3) is 0 Å². The number of anilines is 1. The first kappa shape index (κ1) is 15.5. The van der Waals surface area contributed by atoms with E-state index < -0.39 is 6.04 Å². The first-order valence-electron chi connectivity index (χ1n) is 8.20. The van der Waals surface area contributed by atoms with Crippen LogP contribution in [0.1, 0.15) is 22.3 Å². The SMILES string of the molecule is Cc1ccc(N2CCC(NC(=O)c3ccc4c(c3)OCO4)C2=O)cc1. The quantitative estimate of drug-likeness (QED) is 0.932. The number of carbonyl (C=O) groups is 2. The van der Waals surface area contributed by atoms with Gasteiger partial charge >= 0.3 is 0 Å². The van der Waals surface area contributed by atoms with Crippen LogP contribution in [0.15, 0.2) is 42.5 Å². The first-order chi connectivity index (χ1) is 12.1. The van der Waals surface area contributed by atoms with Crippen molar-refractivity contribution in [3.63, 3.8) is 0 Å². The monoisotopic (exact) mass is 338 g/mol. The normalized spacial score (nSPS) is 18.5. The largest absolute Gasteiger partial charge is 0.454 e. The van der Waals surface area contributed by atoms with E-state index >= 15 is 0 Å². The topological polar surface area (TPSA) is 67.9 Å². The van der Waals surface area contributed by atoms with Gasteiger partial charge in [0.25, 0.3) is 5.91 Å². The van der Waals surface area contributed by atoms with Crippen molar-refractivity contribution in [1.29, 1.82) is 0 Å². The molecule has 1 saturated heterocycles. The number of hydrogen-bond donors (Lipinski definition) is 1. The summed E-state index contributed by atoms with van der Waals surface area (Å²) in [5.74, 6) is 0.797. The molecular weight excluding hydrogens is 320 g/mol. The van der Waals surface area contributed by atoms with E-state index in [1.165, 1.54) is 0 Å². The first-order valence-corrected chi connectivity index (χ1v) is 8.20. The van der Waals surface area contributed by atoms with Crippen molar-refractivity contribution in [2.24, 2.45) is 0 Å². The Labute approximate surface area is 145 Å². The van der Waals surface area contributed by atoms with Gasteiger partial charge in [0.2, 0.25) is 12.7 Å². The van der Waals surface area contributed by atoms with Crippen LogP contribution in [0, 0.1) is 6.92 Å². The molecule has 0 bridgehead atoms. The smallest absolute Gasteiger partial charge is 0.252 e. The van der Waals surface area contributed by atoms with Crippen LogP contribution >= 0.6 is 0 Å². The molecule has 1 N–H and O–H groups in total. The Morgan fingerprint density at radius 3 is 2.68 bits per heavy atom. The second-order valence-corrected chi connectivity index (χ2v) is 6.21. The van der Waals surface area contributed by atoms with Crippen LogP contribution < -0.4 is 19.7 Å². The summed E-state index contributed by atoms with van der Waals surface area (Å²) in [6.45, 7) is 2.75. The molecule has 0 spiro atoms. The van der Waals surface area contributed by atoms with Crippen molar-refractivity contribution >= 4 is 17.5 Å². The van der Waals surface area contributed by atoms with Crippen molar-refractivity contribution in [1.82, 2.24) is 5.32 Å². The van der Waals surface area contributed by atoms with Crippen LogP contribution in [-0.4, -0.2) is 31.2 Å². The third-order valence-electron chi connectivity index (χ3n) is 4.49. The van der Waals surface area contributed by atoms with E-state index in [9.17, 15) is 9.59 Å². The standard InChI is InChI=1S/C19H18N2O4/c1-12-2-5-14(6-3-12)21-9-8-15(19(21)23)20-18(22)13-4-7-16-17(10-13)25-11-24-16/h2-7,10,15H,8-9,11H2,1H3,(H,20,22). The third-order valence-corrected chi connectivity index (χ3v) is 4.49. The summed E-state index contributed by atoms with van der Waals surface area (Å²) < 4.78 is 10.5. The molecule has 0 radical (unpaired) electrons. The molecule has 0 aromatic heterocycles. The Kier molecular flexibility index (Phi) is 3.80. The number of ether oxygens (including phenoxy) is 2. The van der Waals surface area contributed by atoms with Gasteiger partial charge in [-0.25, -0.2) is 0 Å². The molecule has 2 aliphatic rings. The number of rotatable bonds is 3. The van der Waals surface area contributed by atoms with Crippen molar-refractivity contribution in [2.45, 2.75) is 19.4 Å². The minimum atomic E-state index is -0.515. The lowest BCUT2D eigenvalue weighted by atomic mass is 10.1. The van der Waals surface area contributed by atoms with Crippen LogP contribution in [0.4, 0.5) is 5.69 Å². The highest BCUT2D eigenvalue weighted by atomic mass is 16.7. The molecule has 1 atom stereocenters. The highest BCUT2D eigenvalue weighted by Crippen LogP contribution is 2.32. The van der Waals surface area contributed by atoms with Gasteiger partial charge in [-0.15, -0.1) is 0 Å². The van der Waals surface area contributed by atoms with Gasteiger partial charge in [0, 0.05) is 17.8 Å². The molecule has 1 unspecified atom stereocenters. The predicted octanol–water partition coefficient (Wildman–Crippen LogP) is 2.26. The molecule has 4 rings (SSSR count). The van der Waals surface area contributed by atoms with Crippen molar-refractivity contribution < 1.29 is 19.1 Å². The Morgan fingerprint density at radius 2 is 1.88 bits per heavy atom. The molecule has 0 saturated carbocycles. The summed E-state index contributed by atoms with van der Waals surface area (Å²) in [5.41, 5.74) is 2.45. The number of nitrogens with one attached hydrogen (secondary N) is 1. The number of fused-ring (bicyclic) bond motifs is 1. The lowest BCUT2D eigenvalue weighted by molar-refractivity contribution is -0.118. The Balaban J connectivity index is 1.45. The van der Waals surface area contributed by atoms with Crippen LogP contribution in [0.5, 0.6) is 11.5 Å². The Morgan fingerprint density at radius 1 is 1.12 bits per heavy atom. The fourth-order valence-electron chi connectivity index (χ4n) is 3.07. The zero-order chi connectivity index (χ0) is 17.4. The average molecular weight is 338 g/mol. The molecule has 128 valence electrons. The molecule has 1 fully saturated rings. The maximum absolute atomic E-state index is 12.6. The molecule has 6 heteroatoms. The summed E-state index contributed by atoms with van der Waals surface area (Å²) in [6, 6.07) is 12.3. The highest BCUT2D eigenvalue weighted by molar-refractivity contribution is 6.04. The maximum atomic E-state index is 12.6. The molecule has 2 amide bonds. The van der Waals surface area contributed by atoms with Crippen LogP contribution in [0.2, 0.25) is 0 Å². The highest BCUT2D eigenvalue weighted by Gasteiger charge is 2.33. The van der Waals surface area contributed by atoms with E-state index in [0.29, 0.717) is 30.0 Å². The molecule has 6 nitrogen and oxygen atoms in total. The van der Waals surface area contributed by atoms with Crippen LogP contribution in [-0.2, 0) is 4.79 Å². The number of carbonyl (C=O) groups excluding carboxylic acids is 2. The molecular formula is C19H18N2O4. The van der Waals surface area contributed by atoms with Crippen LogP contribution in [0.3, 0.4) is 0 Å². The van der Waals surface area contributed by atoms with E-state index in [4.69, 9.17) is 9.47 Å². The second-order valence-electron chi connectivity index (χ2n) is 6.21. The van der Waals surface area contributed by atoms with Crippen molar-refractivity contribution in [3.05, 3.63) is 53.6 Å².